The molecule has 0 radical (unpaired) electrons. The molecule has 3 rings (SSSR count). The molecule has 2 aromatic rings. The quantitative estimate of drug-likeness (QED) is 0.728. The van der Waals surface area contributed by atoms with Crippen molar-refractivity contribution in [2.45, 2.75) is 18.9 Å². The number of primary amides is 1. The van der Waals surface area contributed by atoms with E-state index in [1.807, 2.05) is 0 Å². The van der Waals surface area contributed by atoms with Crippen molar-refractivity contribution in [3.63, 3.8) is 0 Å². The Morgan fingerprint density at radius 3 is 2.59 bits per heavy atom. The summed E-state index contributed by atoms with van der Waals surface area (Å²) < 4.78 is 15.8. The van der Waals surface area contributed by atoms with E-state index in [-0.39, 0.29) is 23.2 Å². The molecule has 0 bridgehead atoms. The molecule has 1 aromatic carbocycles. The van der Waals surface area contributed by atoms with Crippen molar-refractivity contribution < 1.29 is 14.0 Å². The summed E-state index contributed by atoms with van der Waals surface area (Å²) in [7, 11) is 1.71. The third-order valence-corrected chi connectivity index (χ3v) is 4.98. The van der Waals surface area contributed by atoms with Gasteiger partial charge in [0.1, 0.15) is 5.82 Å². The maximum absolute atomic E-state index is 14.4. The molecule has 2 unspecified atom stereocenters. The summed E-state index contributed by atoms with van der Waals surface area (Å²) in [5, 5.41) is 5.57. The molecule has 8 heteroatoms. The monoisotopic (exact) mass is 372 g/mol. The molecule has 1 aromatic heterocycles. The molecule has 1 heterocycles. The Labute approximate surface area is 155 Å². The number of hydrogen-bond donors (Lipinski definition) is 3. The summed E-state index contributed by atoms with van der Waals surface area (Å²) in [5.41, 5.74) is 5.49. The smallest absolute Gasteiger partial charge is 0.255 e. The van der Waals surface area contributed by atoms with Gasteiger partial charge in [0.15, 0.2) is 0 Å². The van der Waals surface area contributed by atoms with Crippen LogP contribution in [-0.2, 0) is 9.59 Å². The fraction of sp³-hybridized carbons (Fsp3) is 0.316. The van der Waals surface area contributed by atoms with Crippen LogP contribution in [-0.4, -0.2) is 29.5 Å². The van der Waals surface area contributed by atoms with Gasteiger partial charge in [-0.15, -0.1) is 0 Å². The molecule has 0 aliphatic heterocycles. The maximum Gasteiger partial charge on any atom is 0.255 e. The first-order chi connectivity index (χ1) is 12.9. The van der Waals surface area contributed by atoms with E-state index in [0.29, 0.717) is 18.5 Å². The first kappa shape index (κ1) is 18.8. The van der Waals surface area contributed by atoms with Gasteiger partial charge in [0, 0.05) is 30.3 Å². The third-order valence-electron chi connectivity index (χ3n) is 4.98. The van der Waals surface area contributed by atoms with E-state index < -0.39 is 23.6 Å². The first-order valence-electron chi connectivity index (χ1n) is 8.65. The number of nitrogens with zero attached hydrogens (tertiary/aromatic N) is 1. The summed E-state index contributed by atoms with van der Waals surface area (Å²) in [5.74, 6) is -2.32. The molecular weight excluding hydrogens is 351 g/mol. The van der Waals surface area contributed by atoms with Crippen molar-refractivity contribution in [2.24, 2.45) is 17.6 Å². The minimum Gasteiger partial charge on any atom is -0.369 e. The highest BCUT2D eigenvalue weighted by Gasteiger charge is 2.40. The van der Waals surface area contributed by atoms with Crippen LogP contribution in [0.5, 0.6) is 0 Å². The number of amides is 2. The first-order valence-corrected chi connectivity index (χ1v) is 8.65. The van der Waals surface area contributed by atoms with Crippen molar-refractivity contribution in [2.75, 3.05) is 12.4 Å². The molecule has 27 heavy (non-hydrogen) atoms. The Morgan fingerprint density at radius 1 is 1.22 bits per heavy atom. The lowest BCUT2D eigenvalue weighted by Gasteiger charge is -2.14. The van der Waals surface area contributed by atoms with Gasteiger partial charge in [0.25, 0.3) is 5.56 Å². The number of carbonyl (C=O) groups excluding carboxylic acids is 2. The lowest BCUT2D eigenvalue weighted by atomic mass is 10.0. The summed E-state index contributed by atoms with van der Waals surface area (Å²) in [6, 6.07) is 8.63. The van der Waals surface area contributed by atoms with E-state index >= 15 is 0 Å². The number of nitrogens with one attached hydrogen (secondary N) is 2. The minimum absolute atomic E-state index is 0.0243. The molecule has 1 aliphatic carbocycles. The number of pyridine rings is 1. The topological polar surface area (TPSA) is 106 Å². The highest BCUT2D eigenvalue weighted by Crippen LogP contribution is 2.32. The van der Waals surface area contributed by atoms with E-state index in [9.17, 15) is 18.8 Å². The highest BCUT2D eigenvalue weighted by atomic mass is 19.1. The molecule has 142 valence electrons. The van der Waals surface area contributed by atoms with Crippen molar-refractivity contribution >= 4 is 17.5 Å². The molecule has 1 saturated carbocycles. The maximum atomic E-state index is 14.4. The molecule has 0 spiro atoms. The predicted molar refractivity (Wildman–Crippen MR) is 98.9 cm³/mol. The van der Waals surface area contributed by atoms with E-state index in [2.05, 4.69) is 10.6 Å². The fourth-order valence-electron chi connectivity index (χ4n) is 3.52. The zero-order valence-corrected chi connectivity index (χ0v) is 14.8. The van der Waals surface area contributed by atoms with Gasteiger partial charge in [-0.1, -0.05) is 6.07 Å². The van der Waals surface area contributed by atoms with Gasteiger partial charge in [0.2, 0.25) is 11.8 Å². The van der Waals surface area contributed by atoms with Gasteiger partial charge in [0.05, 0.1) is 17.3 Å². The summed E-state index contributed by atoms with van der Waals surface area (Å²) in [6.07, 6.45) is 2.32. The Bertz CT molecular complexity index is 927. The number of benzene rings is 1. The van der Waals surface area contributed by atoms with Crippen molar-refractivity contribution in [3.8, 4) is 5.69 Å². The van der Waals surface area contributed by atoms with Gasteiger partial charge in [-0.05, 0) is 38.1 Å². The van der Waals surface area contributed by atoms with Gasteiger partial charge < -0.3 is 16.4 Å². The fourth-order valence-corrected chi connectivity index (χ4v) is 3.52. The second kappa shape index (κ2) is 7.71. The number of anilines is 1. The number of rotatable bonds is 5. The molecule has 2 amide bonds. The van der Waals surface area contributed by atoms with Crippen LogP contribution >= 0.6 is 0 Å². The summed E-state index contributed by atoms with van der Waals surface area (Å²) in [4.78, 5) is 35.8. The molecule has 4 N–H and O–H groups in total. The largest absolute Gasteiger partial charge is 0.369 e. The molecule has 1 fully saturated rings. The Morgan fingerprint density at radius 2 is 2.00 bits per heavy atom. The Hall–Kier alpha value is -3.00. The normalized spacial score (nSPS) is 21.8. The van der Waals surface area contributed by atoms with E-state index in [4.69, 9.17) is 5.73 Å². The average Bonchev–Trinajstić information content (AvgIpc) is 3.09. The molecule has 7 nitrogen and oxygen atoms in total. The van der Waals surface area contributed by atoms with Crippen LogP contribution in [0.2, 0.25) is 0 Å². The molecule has 0 saturated heterocycles. The predicted octanol–water partition coefficient (Wildman–Crippen LogP) is 1.01. The second-order valence-electron chi connectivity index (χ2n) is 6.63. The minimum atomic E-state index is -0.647. The average molecular weight is 372 g/mol. The number of halogens is 1. The summed E-state index contributed by atoms with van der Waals surface area (Å²) in [6.45, 7) is 0. The zero-order valence-electron chi connectivity index (χ0n) is 14.8. The van der Waals surface area contributed by atoms with Crippen molar-refractivity contribution in [1.29, 1.82) is 0 Å². The molecule has 3 atom stereocenters. The Kier molecular flexibility index (Phi) is 5.36. The van der Waals surface area contributed by atoms with E-state index in [1.165, 1.54) is 29.0 Å². The standard InChI is InChI=1S/C19H21FN4O3/c1-22-16-9-11(8-13(16)18(21)26)19(27)23-15-6-5-12(10-14(15)20)24-7-3-2-4-17(24)25/h2-7,10-11,13,16,22H,8-9H2,1H3,(H2,21,26)(H,23,27)/t11?,13?,16-/m0/s1. The molecular formula is C19H21FN4O3. The van der Waals surface area contributed by atoms with Gasteiger partial charge >= 0.3 is 0 Å². The number of nitrogens with two attached hydrogens (primary N) is 1. The number of carbonyl (C=O) groups is 2. The summed E-state index contributed by atoms with van der Waals surface area (Å²) >= 11 is 0. The Balaban J connectivity index is 1.75. The van der Waals surface area contributed by atoms with Crippen molar-refractivity contribution in [3.05, 3.63) is 58.8 Å². The number of hydrogen-bond acceptors (Lipinski definition) is 4. The van der Waals surface area contributed by atoms with Crippen LogP contribution in [0.25, 0.3) is 5.69 Å². The highest BCUT2D eigenvalue weighted by molar-refractivity contribution is 5.94. The van der Waals surface area contributed by atoms with Crippen LogP contribution in [0, 0.1) is 17.7 Å². The van der Waals surface area contributed by atoms with Gasteiger partial charge in [-0.2, -0.15) is 0 Å². The van der Waals surface area contributed by atoms with Crippen LogP contribution in [0.1, 0.15) is 12.8 Å². The van der Waals surface area contributed by atoms with Crippen LogP contribution < -0.4 is 21.9 Å². The van der Waals surface area contributed by atoms with Crippen LogP contribution in [0.3, 0.4) is 0 Å². The van der Waals surface area contributed by atoms with Gasteiger partial charge in [-0.3, -0.25) is 19.0 Å². The number of aromatic nitrogens is 1. The molecule has 1 aliphatic rings. The van der Waals surface area contributed by atoms with Crippen molar-refractivity contribution in [1.82, 2.24) is 9.88 Å². The second-order valence-corrected chi connectivity index (χ2v) is 6.63. The van der Waals surface area contributed by atoms with Gasteiger partial charge in [-0.25, -0.2) is 4.39 Å². The van der Waals surface area contributed by atoms with E-state index in [0.717, 1.165) is 0 Å². The lowest BCUT2D eigenvalue weighted by molar-refractivity contribution is -0.122. The van der Waals surface area contributed by atoms with E-state index in [1.54, 1.807) is 25.2 Å². The SMILES string of the molecule is CN[C@H]1CC(C(=O)Nc2ccc(-n3ccccc3=O)cc2F)CC1C(N)=O. The van der Waals surface area contributed by atoms with Crippen LogP contribution in [0.15, 0.2) is 47.4 Å². The van der Waals surface area contributed by atoms with Crippen LogP contribution in [0.4, 0.5) is 10.1 Å². The zero-order chi connectivity index (χ0) is 19.6. The third kappa shape index (κ3) is 3.90. The lowest BCUT2D eigenvalue weighted by Crippen LogP contribution is -2.37.